The van der Waals surface area contributed by atoms with Crippen LogP contribution in [0.2, 0.25) is 0 Å². The smallest absolute Gasteiger partial charge is 0.408 e. The third-order valence-corrected chi connectivity index (χ3v) is 6.43. The van der Waals surface area contributed by atoms with Gasteiger partial charge in [0.25, 0.3) is 5.69 Å². The summed E-state index contributed by atoms with van der Waals surface area (Å²) in [5, 5.41) is 22.5. The van der Waals surface area contributed by atoms with Crippen molar-refractivity contribution in [2.24, 2.45) is 11.3 Å². The molecule has 1 aromatic rings. The highest BCUT2D eigenvalue weighted by atomic mass is 16.6. The molecule has 9 heteroatoms. The number of fused-ring (bicyclic) bond motifs is 3. The van der Waals surface area contributed by atoms with Crippen molar-refractivity contribution in [1.29, 1.82) is 0 Å². The van der Waals surface area contributed by atoms with Crippen molar-refractivity contribution < 1.29 is 29.1 Å². The molecule has 0 radical (unpaired) electrons. The van der Waals surface area contributed by atoms with Crippen LogP contribution in [0.1, 0.15) is 51.0 Å². The number of nitro groups is 1. The Bertz CT molecular complexity index is 758. The van der Waals surface area contributed by atoms with E-state index in [9.17, 15) is 24.8 Å². The van der Waals surface area contributed by atoms with Gasteiger partial charge in [-0.1, -0.05) is 0 Å². The molecule has 3 fully saturated rings. The zero-order valence-electron chi connectivity index (χ0n) is 17.0. The molecule has 3 aliphatic rings. The van der Waals surface area contributed by atoms with E-state index in [2.05, 4.69) is 5.32 Å². The number of non-ortho nitro benzene ring substituents is 1. The Morgan fingerprint density at radius 3 is 2.37 bits per heavy atom. The van der Waals surface area contributed by atoms with E-state index in [0.29, 0.717) is 12.2 Å². The molecule has 9 nitrogen and oxygen atoms in total. The summed E-state index contributed by atoms with van der Waals surface area (Å²) in [4.78, 5) is 33.9. The largest absolute Gasteiger partial charge is 0.480 e. The first kappa shape index (κ1) is 22.0. The topological polar surface area (TPSA) is 128 Å². The molecule has 30 heavy (non-hydrogen) atoms. The lowest BCUT2D eigenvalue weighted by atomic mass is 9.61. The molecule has 3 aliphatic carbocycles. The van der Waals surface area contributed by atoms with Crippen LogP contribution in [0.15, 0.2) is 24.3 Å². The summed E-state index contributed by atoms with van der Waals surface area (Å²) >= 11 is 0. The number of aliphatic carboxylic acids is 1. The second-order valence-electron chi connectivity index (χ2n) is 8.46. The number of rotatable bonds is 9. The Morgan fingerprint density at radius 2 is 1.83 bits per heavy atom. The molecule has 0 saturated heterocycles. The number of carbonyl (C=O) groups excluding carboxylic acids is 1. The number of nitrogens with one attached hydrogen (secondary N) is 1. The minimum atomic E-state index is -1.23. The number of hydrogen-bond acceptors (Lipinski definition) is 6. The molecule has 2 atom stereocenters. The minimum absolute atomic E-state index is 0.0639. The maximum Gasteiger partial charge on any atom is 0.408 e. The predicted molar refractivity (Wildman–Crippen MR) is 107 cm³/mol. The Morgan fingerprint density at radius 1 is 1.23 bits per heavy atom. The molecule has 1 amide bonds. The standard InChI is InChI=1S/C21H28N2O7/c1-14(30-13-21-9-6-15(7-10-21)8-11-21)18(19(24)25)22-20(26)29-12-16-2-4-17(5-3-16)23(27)28/h2-5,14-15,18H,6-13H2,1H3,(H,22,26)(H,24,25)/t14-,15?,18+,21?/m1/s1. The first-order valence-corrected chi connectivity index (χ1v) is 10.3. The first-order chi connectivity index (χ1) is 14.3. The number of amides is 1. The molecule has 0 aliphatic heterocycles. The molecular weight excluding hydrogens is 392 g/mol. The second-order valence-corrected chi connectivity index (χ2v) is 8.46. The van der Waals surface area contributed by atoms with Crippen molar-refractivity contribution in [3.63, 3.8) is 0 Å². The van der Waals surface area contributed by atoms with Gasteiger partial charge in [-0.05, 0) is 74.5 Å². The van der Waals surface area contributed by atoms with Crippen molar-refractivity contribution in [2.45, 2.75) is 64.2 Å². The quantitative estimate of drug-likeness (QED) is 0.461. The van der Waals surface area contributed by atoms with Crippen LogP contribution in [-0.2, 0) is 20.9 Å². The lowest BCUT2D eigenvalue weighted by molar-refractivity contribution is -0.384. The third kappa shape index (κ3) is 5.47. The summed E-state index contributed by atoms with van der Waals surface area (Å²) in [6, 6.07) is 4.34. The van der Waals surface area contributed by atoms with Crippen LogP contribution in [0.5, 0.6) is 0 Å². The summed E-state index contributed by atoms with van der Waals surface area (Å²) in [6.07, 6.45) is 5.41. The van der Waals surface area contributed by atoms with Crippen molar-refractivity contribution in [1.82, 2.24) is 5.32 Å². The van der Waals surface area contributed by atoms with Gasteiger partial charge in [0.05, 0.1) is 17.6 Å². The molecule has 0 unspecified atom stereocenters. The molecule has 0 heterocycles. The molecule has 2 N–H and O–H groups in total. The normalized spacial score (nSPS) is 24.6. The molecule has 0 aromatic heterocycles. The van der Waals surface area contributed by atoms with Crippen molar-refractivity contribution in [3.8, 4) is 0 Å². The Kier molecular flexibility index (Phi) is 6.91. The van der Waals surface area contributed by atoms with Gasteiger partial charge in [-0.2, -0.15) is 0 Å². The number of hydrogen-bond donors (Lipinski definition) is 2. The summed E-state index contributed by atoms with van der Waals surface area (Å²) in [5.41, 5.74) is 0.632. The monoisotopic (exact) mass is 420 g/mol. The number of nitro benzene ring substituents is 1. The van der Waals surface area contributed by atoms with Crippen LogP contribution in [0.25, 0.3) is 0 Å². The van der Waals surface area contributed by atoms with E-state index in [1.54, 1.807) is 6.92 Å². The van der Waals surface area contributed by atoms with Gasteiger partial charge >= 0.3 is 12.1 Å². The molecule has 4 rings (SSSR count). The summed E-state index contributed by atoms with van der Waals surface area (Å²) < 4.78 is 11.0. The van der Waals surface area contributed by atoms with Crippen LogP contribution in [0, 0.1) is 21.4 Å². The SMILES string of the molecule is C[C@@H](OCC12CCC(CC1)CC2)[C@H](NC(=O)OCc1ccc([N+](=O)[O-])cc1)C(=O)O. The first-order valence-electron chi connectivity index (χ1n) is 10.3. The van der Waals surface area contributed by atoms with Gasteiger partial charge < -0.3 is 19.9 Å². The fourth-order valence-corrected chi connectivity index (χ4v) is 4.37. The van der Waals surface area contributed by atoms with Gasteiger partial charge in [-0.25, -0.2) is 9.59 Å². The number of carboxylic acid groups (broad SMARTS) is 1. The highest BCUT2D eigenvalue weighted by Gasteiger charge is 2.41. The van der Waals surface area contributed by atoms with Gasteiger partial charge in [-0.15, -0.1) is 0 Å². The third-order valence-electron chi connectivity index (χ3n) is 6.43. The molecule has 1 aromatic carbocycles. The number of carboxylic acids is 1. The highest BCUT2D eigenvalue weighted by Crippen LogP contribution is 2.50. The average Bonchev–Trinajstić information content (AvgIpc) is 2.76. The van der Waals surface area contributed by atoms with Crippen molar-refractivity contribution in [3.05, 3.63) is 39.9 Å². The second kappa shape index (κ2) is 9.42. The lowest BCUT2D eigenvalue weighted by Crippen LogP contribution is -2.50. The van der Waals surface area contributed by atoms with E-state index in [1.165, 1.54) is 43.5 Å². The van der Waals surface area contributed by atoms with Gasteiger partial charge in [0, 0.05) is 12.1 Å². The van der Waals surface area contributed by atoms with Crippen LogP contribution in [-0.4, -0.2) is 40.8 Å². The zero-order valence-corrected chi connectivity index (χ0v) is 17.0. The minimum Gasteiger partial charge on any atom is -0.480 e. The van der Waals surface area contributed by atoms with Crippen LogP contribution < -0.4 is 5.32 Å². The molecule has 164 valence electrons. The lowest BCUT2D eigenvalue weighted by Gasteiger charge is -2.46. The molecular formula is C21H28N2O7. The molecule has 0 spiro atoms. The maximum atomic E-state index is 12.1. The Labute approximate surface area is 174 Å². The van der Waals surface area contributed by atoms with Gasteiger partial charge in [0.15, 0.2) is 6.04 Å². The summed E-state index contributed by atoms with van der Waals surface area (Å²) in [5.74, 6) is -0.358. The van der Waals surface area contributed by atoms with E-state index < -0.39 is 29.1 Å². The van der Waals surface area contributed by atoms with Crippen LogP contribution >= 0.6 is 0 Å². The van der Waals surface area contributed by atoms with Crippen molar-refractivity contribution >= 4 is 17.7 Å². The fraction of sp³-hybridized carbons (Fsp3) is 0.619. The Balaban J connectivity index is 1.48. The number of carbonyl (C=O) groups is 2. The van der Waals surface area contributed by atoms with Crippen LogP contribution in [0.3, 0.4) is 0 Å². The maximum absolute atomic E-state index is 12.1. The average molecular weight is 420 g/mol. The number of alkyl carbamates (subject to hydrolysis) is 1. The van der Waals surface area contributed by atoms with E-state index in [0.717, 1.165) is 25.2 Å². The summed E-state index contributed by atoms with van der Waals surface area (Å²) in [6.45, 7) is 2.01. The van der Waals surface area contributed by atoms with E-state index >= 15 is 0 Å². The zero-order chi connectivity index (χ0) is 21.7. The number of nitrogens with zero attached hydrogens (tertiary/aromatic N) is 1. The van der Waals surface area contributed by atoms with E-state index in [4.69, 9.17) is 9.47 Å². The van der Waals surface area contributed by atoms with Gasteiger partial charge in [0.2, 0.25) is 0 Å². The number of benzene rings is 1. The number of ether oxygens (including phenoxy) is 2. The predicted octanol–water partition coefficient (Wildman–Crippen LogP) is 3.65. The van der Waals surface area contributed by atoms with E-state index in [1.807, 2.05) is 0 Å². The van der Waals surface area contributed by atoms with Crippen molar-refractivity contribution in [2.75, 3.05) is 6.61 Å². The Hall–Kier alpha value is -2.68. The van der Waals surface area contributed by atoms with Crippen LogP contribution in [0.4, 0.5) is 10.5 Å². The van der Waals surface area contributed by atoms with Gasteiger partial charge in [-0.3, -0.25) is 10.1 Å². The fourth-order valence-electron chi connectivity index (χ4n) is 4.37. The van der Waals surface area contributed by atoms with Gasteiger partial charge in [0.1, 0.15) is 6.61 Å². The molecule has 3 saturated carbocycles. The van der Waals surface area contributed by atoms with E-state index in [-0.39, 0.29) is 17.7 Å². The highest BCUT2D eigenvalue weighted by molar-refractivity contribution is 5.80. The molecule has 2 bridgehead atoms. The summed E-state index contributed by atoms with van der Waals surface area (Å²) in [7, 11) is 0.